The fraction of sp³-hybridized carbons (Fsp3) is 0.500. The summed E-state index contributed by atoms with van der Waals surface area (Å²) in [6, 6.07) is 1.91. The minimum absolute atomic E-state index is 0.00157. The van der Waals surface area contributed by atoms with Gasteiger partial charge in [-0.15, -0.1) is 0 Å². The highest BCUT2D eigenvalue weighted by Gasteiger charge is 2.20. The van der Waals surface area contributed by atoms with Gasteiger partial charge in [0, 0.05) is 37.6 Å². The Hall–Kier alpha value is -2.90. The van der Waals surface area contributed by atoms with Crippen molar-refractivity contribution in [2.75, 3.05) is 0 Å². The molecule has 0 bridgehead atoms. The maximum Gasteiger partial charge on any atom is 0.332 e. The first-order chi connectivity index (χ1) is 13.1. The molecule has 0 spiro atoms. The third-order valence-corrected chi connectivity index (χ3v) is 5.34. The van der Waals surface area contributed by atoms with Gasteiger partial charge >= 0.3 is 5.69 Å². The van der Waals surface area contributed by atoms with Gasteiger partial charge in [-0.3, -0.25) is 18.7 Å². The number of carbonyl (C=O) groups is 1. The van der Waals surface area contributed by atoms with Crippen LogP contribution < -0.4 is 11.2 Å². The molecule has 0 saturated carbocycles. The number of hydrogen-bond acceptors (Lipinski definition) is 4. The number of rotatable bonds is 6. The highest BCUT2D eigenvalue weighted by atomic mass is 16.2. The van der Waals surface area contributed by atoms with Gasteiger partial charge in [0.05, 0.1) is 12.9 Å². The first kappa shape index (κ1) is 19.9. The largest absolute Gasteiger partial charge is 0.348 e. The molecule has 0 unspecified atom stereocenters. The minimum atomic E-state index is -0.453. The van der Waals surface area contributed by atoms with Crippen LogP contribution in [-0.2, 0) is 27.2 Å². The topological polar surface area (TPSA) is 83.8 Å². The fourth-order valence-electron chi connectivity index (χ4n) is 3.57. The highest BCUT2D eigenvalue weighted by Crippen LogP contribution is 2.19. The summed E-state index contributed by atoms with van der Waals surface area (Å²) >= 11 is 0. The Bertz CT molecular complexity index is 1170. The normalized spacial score (nSPS) is 11.7. The molecular formula is C20H27N5O3. The molecule has 0 saturated heterocycles. The lowest BCUT2D eigenvalue weighted by Gasteiger charge is -2.11. The maximum absolute atomic E-state index is 13.0. The van der Waals surface area contributed by atoms with E-state index in [1.807, 2.05) is 19.9 Å². The molecule has 8 heteroatoms. The van der Waals surface area contributed by atoms with E-state index in [4.69, 9.17) is 0 Å². The van der Waals surface area contributed by atoms with Gasteiger partial charge in [-0.1, -0.05) is 13.8 Å². The molecular weight excluding hydrogens is 358 g/mol. The van der Waals surface area contributed by atoms with Gasteiger partial charge in [-0.05, 0) is 32.3 Å². The summed E-state index contributed by atoms with van der Waals surface area (Å²) in [5.74, 6) is 0.500. The summed E-state index contributed by atoms with van der Waals surface area (Å²) in [6.45, 7) is 9.19. The van der Waals surface area contributed by atoms with Crippen LogP contribution in [0.25, 0.3) is 11.2 Å². The third-order valence-electron chi connectivity index (χ3n) is 5.34. The molecule has 0 N–H and O–H groups in total. The molecule has 3 aromatic rings. The Kier molecular flexibility index (Phi) is 5.14. The number of aromatic nitrogens is 5. The second-order valence-corrected chi connectivity index (χ2v) is 7.79. The Labute approximate surface area is 163 Å². The lowest BCUT2D eigenvalue weighted by atomic mass is 10.1. The molecule has 0 aliphatic carbocycles. The van der Waals surface area contributed by atoms with Crippen LogP contribution in [0.1, 0.15) is 42.0 Å². The van der Waals surface area contributed by atoms with Crippen LogP contribution in [0.2, 0.25) is 0 Å². The first-order valence-corrected chi connectivity index (χ1v) is 9.44. The maximum atomic E-state index is 13.0. The van der Waals surface area contributed by atoms with Crippen molar-refractivity contribution in [2.24, 2.45) is 20.0 Å². The Morgan fingerprint density at radius 2 is 1.82 bits per heavy atom. The third kappa shape index (κ3) is 3.23. The molecule has 0 aromatic carbocycles. The Balaban J connectivity index is 1.98. The number of ketones is 1. The van der Waals surface area contributed by atoms with E-state index in [0.717, 1.165) is 28.9 Å². The Morgan fingerprint density at radius 1 is 1.14 bits per heavy atom. The number of aryl methyl sites for hydroxylation is 2. The van der Waals surface area contributed by atoms with Crippen molar-refractivity contribution in [3.05, 3.63) is 50.2 Å². The molecule has 0 fully saturated rings. The quantitative estimate of drug-likeness (QED) is 0.606. The summed E-state index contributed by atoms with van der Waals surface area (Å²) in [5, 5.41) is 0. The zero-order valence-corrected chi connectivity index (χ0v) is 17.3. The molecule has 3 heterocycles. The number of imidazole rings is 1. The molecule has 150 valence electrons. The summed E-state index contributed by atoms with van der Waals surface area (Å²) in [6.07, 6.45) is 2.49. The number of hydrogen-bond donors (Lipinski definition) is 0. The van der Waals surface area contributed by atoms with Gasteiger partial charge in [0.15, 0.2) is 16.9 Å². The van der Waals surface area contributed by atoms with Gasteiger partial charge in [0.25, 0.3) is 5.56 Å². The van der Waals surface area contributed by atoms with Crippen LogP contribution in [0.15, 0.2) is 22.0 Å². The average molecular weight is 385 g/mol. The molecule has 0 radical (unpaired) electrons. The van der Waals surface area contributed by atoms with Crippen LogP contribution in [-0.4, -0.2) is 29.0 Å². The summed E-state index contributed by atoms with van der Waals surface area (Å²) in [7, 11) is 2.98. The van der Waals surface area contributed by atoms with Gasteiger partial charge in [0.1, 0.15) is 0 Å². The van der Waals surface area contributed by atoms with Gasteiger partial charge in [-0.2, -0.15) is 0 Å². The molecule has 0 aliphatic rings. The minimum Gasteiger partial charge on any atom is -0.348 e. The second kappa shape index (κ2) is 7.26. The predicted octanol–water partition coefficient (Wildman–Crippen LogP) is 1.78. The number of Topliss-reactive ketones (excluding diaryl/α,β-unsaturated/α-hetero) is 1. The van der Waals surface area contributed by atoms with E-state index < -0.39 is 11.2 Å². The molecule has 0 aliphatic heterocycles. The zero-order valence-electron chi connectivity index (χ0n) is 17.3. The van der Waals surface area contributed by atoms with Crippen molar-refractivity contribution in [1.29, 1.82) is 0 Å². The summed E-state index contributed by atoms with van der Waals surface area (Å²) < 4.78 is 6.04. The van der Waals surface area contributed by atoms with Crippen molar-refractivity contribution in [3.8, 4) is 0 Å². The lowest BCUT2D eigenvalue weighted by molar-refractivity contribution is 0.0972. The SMILES string of the molecule is Cc1cc(C(=O)Cn2cnc3c2c(=O)n(C)c(=O)n3C)c(C)n1CCC(C)C. The number of nitrogens with zero attached hydrogens (tertiary/aromatic N) is 5. The van der Waals surface area contributed by atoms with Crippen molar-refractivity contribution >= 4 is 16.9 Å². The van der Waals surface area contributed by atoms with Crippen LogP contribution >= 0.6 is 0 Å². The summed E-state index contributed by atoms with van der Waals surface area (Å²) in [5.41, 5.74) is 2.29. The van der Waals surface area contributed by atoms with E-state index >= 15 is 0 Å². The first-order valence-electron chi connectivity index (χ1n) is 9.44. The van der Waals surface area contributed by atoms with Gasteiger partial charge in [-0.25, -0.2) is 9.78 Å². The standard InChI is InChI=1S/C20H27N5O3/c1-12(2)7-8-25-13(3)9-15(14(25)4)16(26)10-24-11-21-18-17(24)19(27)23(6)20(28)22(18)5/h9,11-12H,7-8,10H2,1-6H3. The van der Waals surface area contributed by atoms with Crippen LogP contribution in [0.3, 0.4) is 0 Å². The van der Waals surface area contributed by atoms with Gasteiger partial charge in [0.2, 0.25) is 0 Å². The van der Waals surface area contributed by atoms with Gasteiger partial charge < -0.3 is 9.13 Å². The molecule has 0 atom stereocenters. The summed E-state index contributed by atoms with van der Waals surface area (Å²) in [4.78, 5) is 41.8. The predicted molar refractivity (Wildman–Crippen MR) is 108 cm³/mol. The fourth-order valence-corrected chi connectivity index (χ4v) is 3.57. The Morgan fingerprint density at radius 3 is 2.46 bits per heavy atom. The van der Waals surface area contributed by atoms with Crippen molar-refractivity contribution in [1.82, 2.24) is 23.3 Å². The van der Waals surface area contributed by atoms with Crippen LogP contribution in [0.4, 0.5) is 0 Å². The number of carbonyl (C=O) groups excluding carboxylic acids is 1. The number of fused-ring (bicyclic) bond motifs is 1. The molecule has 3 aromatic heterocycles. The molecule has 8 nitrogen and oxygen atoms in total. The van der Waals surface area contributed by atoms with E-state index in [0.29, 0.717) is 11.5 Å². The second-order valence-electron chi connectivity index (χ2n) is 7.79. The van der Waals surface area contributed by atoms with Crippen LogP contribution in [0, 0.1) is 19.8 Å². The molecule has 28 heavy (non-hydrogen) atoms. The van der Waals surface area contributed by atoms with E-state index in [-0.39, 0.29) is 23.5 Å². The smallest absolute Gasteiger partial charge is 0.332 e. The van der Waals surface area contributed by atoms with E-state index in [1.54, 1.807) is 7.05 Å². The van der Waals surface area contributed by atoms with E-state index in [1.165, 1.54) is 22.5 Å². The molecule has 3 rings (SSSR count). The zero-order chi connectivity index (χ0) is 20.7. The van der Waals surface area contributed by atoms with Crippen LogP contribution in [0.5, 0.6) is 0 Å². The lowest BCUT2D eigenvalue weighted by Crippen LogP contribution is -2.37. The molecule has 0 amide bonds. The van der Waals surface area contributed by atoms with E-state index in [9.17, 15) is 14.4 Å². The van der Waals surface area contributed by atoms with Crippen molar-refractivity contribution in [3.63, 3.8) is 0 Å². The van der Waals surface area contributed by atoms with Crippen molar-refractivity contribution < 1.29 is 4.79 Å². The monoisotopic (exact) mass is 385 g/mol. The van der Waals surface area contributed by atoms with Crippen molar-refractivity contribution in [2.45, 2.75) is 47.2 Å². The highest BCUT2D eigenvalue weighted by molar-refractivity contribution is 5.98. The van der Waals surface area contributed by atoms with E-state index in [2.05, 4.69) is 23.4 Å². The average Bonchev–Trinajstić information content (AvgIpc) is 3.17.